The third kappa shape index (κ3) is 2.42. The van der Waals surface area contributed by atoms with Crippen molar-refractivity contribution in [1.82, 2.24) is 15.0 Å². The van der Waals surface area contributed by atoms with Gasteiger partial charge in [0.05, 0.1) is 12.3 Å². The Balaban J connectivity index is 2.27. The van der Waals surface area contributed by atoms with Crippen molar-refractivity contribution in [2.75, 3.05) is 0 Å². The molecule has 1 heterocycles. The molecule has 4 nitrogen and oxygen atoms in total. The van der Waals surface area contributed by atoms with Gasteiger partial charge in [0.15, 0.2) is 0 Å². The summed E-state index contributed by atoms with van der Waals surface area (Å²) in [7, 11) is 0. The molecule has 0 aliphatic rings. The summed E-state index contributed by atoms with van der Waals surface area (Å²) in [5, 5.41) is 18.1. The number of aromatic nitrogens is 3. The molecule has 1 N–H and O–H groups in total. The Morgan fingerprint density at radius 2 is 1.77 bits per heavy atom. The smallest absolute Gasteiger partial charge is 0.117 e. The highest BCUT2D eigenvalue weighted by molar-refractivity contribution is 5.68. The van der Waals surface area contributed by atoms with Crippen LogP contribution in [0.2, 0.25) is 0 Å². The molecule has 0 aliphatic heterocycles. The zero-order valence-corrected chi connectivity index (χ0v) is 12.8. The maximum Gasteiger partial charge on any atom is 0.117 e. The Morgan fingerprint density at radius 1 is 1.05 bits per heavy atom. The van der Waals surface area contributed by atoms with Gasteiger partial charge in [-0.15, -0.1) is 5.10 Å². The minimum Gasteiger partial charge on any atom is -0.390 e. The molecule has 0 amide bonds. The Hall–Kier alpha value is -2.46. The van der Waals surface area contributed by atoms with E-state index in [-0.39, 0.29) is 6.61 Å². The van der Waals surface area contributed by atoms with E-state index in [0.717, 1.165) is 28.9 Å². The van der Waals surface area contributed by atoms with E-state index in [2.05, 4.69) is 36.3 Å². The molecule has 4 heteroatoms. The van der Waals surface area contributed by atoms with Crippen molar-refractivity contribution in [3.8, 4) is 16.9 Å². The lowest BCUT2D eigenvalue weighted by molar-refractivity contribution is 0.277. The monoisotopic (exact) mass is 293 g/mol. The highest BCUT2D eigenvalue weighted by Gasteiger charge is 2.18. The van der Waals surface area contributed by atoms with Gasteiger partial charge in [-0.2, -0.15) is 0 Å². The largest absolute Gasteiger partial charge is 0.390 e. The van der Waals surface area contributed by atoms with Gasteiger partial charge in [0.25, 0.3) is 0 Å². The molecule has 0 saturated carbocycles. The van der Waals surface area contributed by atoms with E-state index in [4.69, 9.17) is 0 Å². The Morgan fingerprint density at radius 3 is 2.50 bits per heavy atom. The Labute approximate surface area is 130 Å². The van der Waals surface area contributed by atoms with Gasteiger partial charge in [-0.25, -0.2) is 4.68 Å². The van der Waals surface area contributed by atoms with Crippen LogP contribution in [0.1, 0.15) is 23.7 Å². The summed E-state index contributed by atoms with van der Waals surface area (Å²) in [5.74, 6) is 0. The van der Waals surface area contributed by atoms with Gasteiger partial charge in [0.2, 0.25) is 0 Å². The first-order valence-corrected chi connectivity index (χ1v) is 7.46. The topological polar surface area (TPSA) is 50.9 Å². The minimum absolute atomic E-state index is 0.127. The molecule has 0 unspecified atom stereocenters. The summed E-state index contributed by atoms with van der Waals surface area (Å²) in [5.41, 5.74) is 5.85. The quantitative estimate of drug-likeness (QED) is 0.803. The van der Waals surface area contributed by atoms with E-state index in [1.807, 2.05) is 41.1 Å². The summed E-state index contributed by atoms with van der Waals surface area (Å²) in [6.45, 7) is 4.05. The molecule has 0 saturated heterocycles. The van der Waals surface area contributed by atoms with Gasteiger partial charge in [-0.05, 0) is 30.5 Å². The normalized spacial score (nSPS) is 10.9. The van der Waals surface area contributed by atoms with Crippen molar-refractivity contribution >= 4 is 0 Å². The average molecular weight is 293 g/mol. The van der Waals surface area contributed by atoms with Crippen LogP contribution in [-0.4, -0.2) is 20.1 Å². The highest BCUT2D eigenvalue weighted by atomic mass is 16.3. The molecule has 1 aromatic heterocycles. The molecule has 3 aromatic rings. The standard InChI is InChI=1S/C18H19N3O/c1-3-14-9-5-7-11-17(14)21-18(16(12-22)19-20-21)15-10-6-4-8-13(15)2/h4-11,22H,3,12H2,1-2H3. The maximum absolute atomic E-state index is 9.64. The molecular formula is C18H19N3O. The van der Waals surface area contributed by atoms with Crippen molar-refractivity contribution < 1.29 is 5.11 Å². The number of aliphatic hydroxyl groups is 1. The molecule has 0 radical (unpaired) electrons. The van der Waals surface area contributed by atoms with Crippen molar-refractivity contribution in [2.45, 2.75) is 26.9 Å². The number of para-hydroxylation sites is 1. The van der Waals surface area contributed by atoms with E-state index in [1.54, 1.807) is 0 Å². The van der Waals surface area contributed by atoms with Gasteiger partial charge < -0.3 is 5.11 Å². The summed E-state index contributed by atoms with van der Waals surface area (Å²) in [6, 6.07) is 16.2. The van der Waals surface area contributed by atoms with Gasteiger partial charge in [-0.3, -0.25) is 0 Å². The summed E-state index contributed by atoms with van der Waals surface area (Å²) >= 11 is 0. The van der Waals surface area contributed by atoms with Crippen molar-refractivity contribution in [2.24, 2.45) is 0 Å². The van der Waals surface area contributed by atoms with Gasteiger partial charge in [0.1, 0.15) is 11.4 Å². The second kappa shape index (κ2) is 6.12. The molecule has 2 aromatic carbocycles. The summed E-state index contributed by atoms with van der Waals surface area (Å²) in [6.07, 6.45) is 0.914. The third-order valence-corrected chi connectivity index (χ3v) is 3.89. The molecular weight excluding hydrogens is 274 g/mol. The SMILES string of the molecule is CCc1ccccc1-n1nnc(CO)c1-c1ccccc1C. The lowest BCUT2D eigenvalue weighted by atomic mass is 10.0. The third-order valence-electron chi connectivity index (χ3n) is 3.89. The van der Waals surface area contributed by atoms with Crippen LogP contribution in [0.15, 0.2) is 48.5 Å². The number of aryl methyl sites for hydroxylation is 2. The highest BCUT2D eigenvalue weighted by Crippen LogP contribution is 2.29. The van der Waals surface area contributed by atoms with Crippen LogP contribution in [-0.2, 0) is 13.0 Å². The average Bonchev–Trinajstić information content (AvgIpc) is 2.98. The molecule has 0 bridgehead atoms. The van der Waals surface area contributed by atoms with E-state index in [9.17, 15) is 5.11 Å². The number of hydrogen-bond donors (Lipinski definition) is 1. The van der Waals surface area contributed by atoms with Crippen molar-refractivity contribution in [3.63, 3.8) is 0 Å². The fraction of sp³-hybridized carbons (Fsp3) is 0.222. The van der Waals surface area contributed by atoms with Gasteiger partial charge in [0, 0.05) is 5.56 Å². The Bertz CT molecular complexity index is 793. The number of hydrogen-bond acceptors (Lipinski definition) is 3. The zero-order chi connectivity index (χ0) is 15.5. The van der Waals surface area contributed by atoms with Gasteiger partial charge >= 0.3 is 0 Å². The van der Waals surface area contributed by atoms with E-state index >= 15 is 0 Å². The fourth-order valence-corrected chi connectivity index (χ4v) is 2.71. The second-order valence-corrected chi connectivity index (χ2v) is 5.25. The first-order chi connectivity index (χ1) is 10.8. The van der Waals surface area contributed by atoms with Crippen LogP contribution < -0.4 is 0 Å². The molecule has 3 rings (SSSR count). The van der Waals surface area contributed by atoms with Crippen LogP contribution >= 0.6 is 0 Å². The van der Waals surface area contributed by atoms with Gasteiger partial charge in [-0.1, -0.05) is 54.6 Å². The molecule has 0 fully saturated rings. The van der Waals surface area contributed by atoms with E-state index in [1.165, 1.54) is 5.56 Å². The van der Waals surface area contributed by atoms with E-state index in [0.29, 0.717) is 5.69 Å². The van der Waals surface area contributed by atoms with Crippen LogP contribution in [0.4, 0.5) is 0 Å². The van der Waals surface area contributed by atoms with Crippen molar-refractivity contribution in [1.29, 1.82) is 0 Å². The maximum atomic E-state index is 9.64. The molecule has 0 aliphatic carbocycles. The van der Waals surface area contributed by atoms with Crippen LogP contribution in [0, 0.1) is 6.92 Å². The molecule has 0 atom stereocenters. The van der Waals surface area contributed by atoms with Crippen LogP contribution in [0.5, 0.6) is 0 Å². The number of rotatable bonds is 4. The fourth-order valence-electron chi connectivity index (χ4n) is 2.71. The predicted molar refractivity (Wildman–Crippen MR) is 86.8 cm³/mol. The molecule has 112 valence electrons. The van der Waals surface area contributed by atoms with Crippen LogP contribution in [0.25, 0.3) is 16.9 Å². The Kier molecular flexibility index (Phi) is 4.02. The number of aliphatic hydroxyl groups excluding tert-OH is 1. The molecule has 22 heavy (non-hydrogen) atoms. The lowest BCUT2D eigenvalue weighted by Gasteiger charge is -2.13. The lowest BCUT2D eigenvalue weighted by Crippen LogP contribution is -2.04. The minimum atomic E-state index is -0.127. The van der Waals surface area contributed by atoms with E-state index < -0.39 is 0 Å². The number of nitrogens with zero attached hydrogens (tertiary/aromatic N) is 3. The van der Waals surface area contributed by atoms with Crippen LogP contribution in [0.3, 0.4) is 0 Å². The predicted octanol–water partition coefficient (Wildman–Crippen LogP) is 3.30. The number of benzene rings is 2. The second-order valence-electron chi connectivity index (χ2n) is 5.25. The molecule has 0 spiro atoms. The first kappa shape index (κ1) is 14.5. The first-order valence-electron chi connectivity index (χ1n) is 7.46. The summed E-state index contributed by atoms with van der Waals surface area (Å²) in [4.78, 5) is 0. The zero-order valence-electron chi connectivity index (χ0n) is 12.8. The summed E-state index contributed by atoms with van der Waals surface area (Å²) < 4.78 is 1.84. The van der Waals surface area contributed by atoms with Crippen molar-refractivity contribution in [3.05, 3.63) is 65.4 Å².